The second kappa shape index (κ2) is 8.04. The highest BCUT2D eigenvalue weighted by atomic mass is 15.3. The number of benzene rings is 2. The van der Waals surface area contributed by atoms with Crippen molar-refractivity contribution in [3.05, 3.63) is 72.1 Å². The fourth-order valence-corrected chi connectivity index (χ4v) is 4.50. The van der Waals surface area contributed by atoms with E-state index in [4.69, 9.17) is 16.5 Å². The summed E-state index contributed by atoms with van der Waals surface area (Å²) in [7, 11) is 0. The van der Waals surface area contributed by atoms with Crippen LogP contribution in [0.2, 0.25) is 0 Å². The molecule has 6 heteroatoms. The zero-order chi connectivity index (χ0) is 21.4. The molecular formula is C25H28N6. The van der Waals surface area contributed by atoms with Crippen molar-refractivity contribution in [3.8, 4) is 11.1 Å². The highest BCUT2D eigenvalue weighted by molar-refractivity contribution is 5.77. The number of nitrogen functional groups attached to an aromatic ring is 1. The zero-order valence-electron chi connectivity index (χ0n) is 17.8. The van der Waals surface area contributed by atoms with Crippen LogP contribution in [0.3, 0.4) is 0 Å². The summed E-state index contributed by atoms with van der Waals surface area (Å²) in [5, 5.41) is 7.92. The fraction of sp³-hybridized carbons (Fsp3) is 0.280. The van der Waals surface area contributed by atoms with Crippen LogP contribution in [0.4, 0.5) is 17.2 Å². The minimum absolute atomic E-state index is 0.321. The fourth-order valence-electron chi connectivity index (χ4n) is 4.50. The van der Waals surface area contributed by atoms with Gasteiger partial charge in [0.15, 0.2) is 5.65 Å². The first-order valence-corrected chi connectivity index (χ1v) is 10.9. The molecule has 0 unspecified atom stereocenters. The van der Waals surface area contributed by atoms with Crippen molar-refractivity contribution in [1.29, 1.82) is 0 Å². The summed E-state index contributed by atoms with van der Waals surface area (Å²) in [5.74, 6) is 0.894. The number of imidazole rings is 1. The van der Waals surface area contributed by atoms with Gasteiger partial charge in [-0.2, -0.15) is 0 Å². The number of aryl methyl sites for hydroxylation is 1. The SMILES string of the molecule is Cc1ccccc1-c1ccc(Nc2cc(N)nn3cc(C4CCC(N)CC4)nc23)cc1. The molecule has 0 amide bonds. The van der Waals surface area contributed by atoms with Crippen LogP contribution in [-0.2, 0) is 0 Å². The summed E-state index contributed by atoms with van der Waals surface area (Å²) in [6.45, 7) is 2.13. The number of aromatic nitrogens is 3. The van der Waals surface area contributed by atoms with Crippen molar-refractivity contribution in [2.24, 2.45) is 5.73 Å². The van der Waals surface area contributed by atoms with Gasteiger partial charge in [-0.05, 0) is 61.4 Å². The number of fused-ring (bicyclic) bond motifs is 1. The van der Waals surface area contributed by atoms with Crippen LogP contribution in [-0.4, -0.2) is 20.6 Å². The van der Waals surface area contributed by atoms with Gasteiger partial charge in [-0.1, -0.05) is 36.4 Å². The molecular weight excluding hydrogens is 384 g/mol. The highest BCUT2D eigenvalue weighted by Gasteiger charge is 2.23. The van der Waals surface area contributed by atoms with Crippen LogP contribution in [0.25, 0.3) is 16.8 Å². The number of nitrogens with two attached hydrogens (primary N) is 2. The van der Waals surface area contributed by atoms with Gasteiger partial charge in [0.1, 0.15) is 5.82 Å². The van der Waals surface area contributed by atoms with Crippen molar-refractivity contribution in [2.75, 3.05) is 11.1 Å². The van der Waals surface area contributed by atoms with Gasteiger partial charge in [-0.3, -0.25) is 0 Å². The van der Waals surface area contributed by atoms with Crippen molar-refractivity contribution in [1.82, 2.24) is 14.6 Å². The Balaban J connectivity index is 1.43. The molecule has 0 bridgehead atoms. The summed E-state index contributed by atoms with van der Waals surface area (Å²) in [6, 6.07) is 19.0. The van der Waals surface area contributed by atoms with Gasteiger partial charge in [0, 0.05) is 23.7 Å². The Labute approximate surface area is 182 Å². The maximum atomic E-state index is 6.08. The summed E-state index contributed by atoms with van der Waals surface area (Å²) < 4.78 is 1.79. The third-order valence-corrected chi connectivity index (χ3v) is 6.27. The van der Waals surface area contributed by atoms with E-state index in [1.54, 1.807) is 4.52 Å². The molecule has 2 aromatic carbocycles. The number of hydrogen-bond donors (Lipinski definition) is 3. The van der Waals surface area contributed by atoms with Gasteiger partial charge in [-0.15, -0.1) is 5.10 Å². The number of hydrogen-bond acceptors (Lipinski definition) is 5. The Morgan fingerprint density at radius 3 is 2.48 bits per heavy atom. The first kappa shape index (κ1) is 19.6. The molecule has 0 spiro atoms. The van der Waals surface area contributed by atoms with E-state index < -0.39 is 0 Å². The predicted octanol–water partition coefficient (Wildman–Crippen LogP) is 5.02. The van der Waals surface area contributed by atoms with Crippen LogP contribution >= 0.6 is 0 Å². The molecule has 1 aliphatic carbocycles. The Hall–Kier alpha value is -3.38. The average molecular weight is 413 g/mol. The van der Waals surface area contributed by atoms with E-state index in [1.165, 1.54) is 16.7 Å². The van der Waals surface area contributed by atoms with Gasteiger partial charge in [0.2, 0.25) is 0 Å². The monoisotopic (exact) mass is 412 g/mol. The number of nitrogens with one attached hydrogen (secondary N) is 1. The van der Waals surface area contributed by atoms with Gasteiger partial charge >= 0.3 is 0 Å². The highest BCUT2D eigenvalue weighted by Crippen LogP contribution is 2.33. The standard InChI is InChI=1S/C25H28N6/c1-16-4-2-3-5-21(16)17-8-12-20(13-9-17)28-22-14-24(27)30-31-15-23(29-25(22)31)18-6-10-19(26)11-7-18/h2-5,8-9,12-15,18-19,28H,6-7,10-11,26H2,1H3,(H2,27,30). The van der Waals surface area contributed by atoms with Crippen molar-refractivity contribution in [3.63, 3.8) is 0 Å². The van der Waals surface area contributed by atoms with Crippen LogP contribution < -0.4 is 16.8 Å². The third-order valence-electron chi connectivity index (χ3n) is 6.27. The third kappa shape index (κ3) is 3.99. The van der Waals surface area contributed by atoms with E-state index in [1.807, 2.05) is 12.3 Å². The topological polar surface area (TPSA) is 94.3 Å². The van der Waals surface area contributed by atoms with Crippen LogP contribution in [0.5, 0.6) is 0 Å². The van der Waals surface area contributed by atoms with E-state index in [2.05, 4.69) is 65.9 Å². The Kier molecular flexibility index (Phi) is 5.08. The lowest BCUT2D eigenvalue weighted by Gasteiger charge is -2.24. The van der Waals surface area contributed by atoms with Gasteiger partial charge in [0.05, 0.1) is 17.6 Å². The molecule has 5 N–H and O–H groups in total. The maximum absolute atomic E-state index is 6.08. The minimum Gasteiger partial charge on any atom is -0.382 e. The molecule has 0 saturated heterocycles. The van der Waals surface area contributed by atoms with Crippen LogP contribution in [0, 0.1) is 6.92 Å². The van der Waals surface area contributed by atoms with E-state index >= 15 is 0 Å². The van der Waals surface area contributed by atoms with Crippen molar-refractivity contribution in [2.45, 2.75) is 44.6 Å². The van der Waals surface area contributed by atoms with E-state index in [-0.39, 0.29) is 0 Å². The first-order valence-electron chi connectivity index (χ1n) is 10.9. The summed E-state index contributed by atoms with van der Waals surface area (Å²) in [5.41, 5.74) is 19.6. The maximum Gasteiger partial charge on any atom is 0.177 e. The molecule has 5 rings (SSSR count). The molecule has 6 nitrogen and oxygen atoms in total. The van der Waals surface area contributed by atoms with E-state index in [0.717, 1.165) is 48.4 Å². The van der Waals surface area contributed by atoms with Gasteiger partial charge in [0.25, 0.3) is 0 Å². The second-order valence-corrected chi connectivity index (χ2v) is 8.55. The summed E-state index contributed by atoms with van der Waals surface area (Å²) in [4.78, 5) is 4.92. The number of anilines is 3. The number of rotatable bonds is 4. The van der Waals surface area contributed by atoms with Crippen LogP contribution in [0.1, 0.15) is 42.9 Å². The molecule has 0 aliphatic heterocycles. The van der Waals surface area contributed by atoms with Gasteiger partial charge in [-0.25, -0.2) is 9.50 Å². The first-order chi connectivity index (χ1) is 15.1. The van der Waals surface area contributed by atoms with Gasteiger partial charge < -0.3 is 16.8 Å². The molecule has 158 valence electrons. The lowest BCUT2D eigenvalue weighted by molar-refractivity contribution is 0.391. The second-order valence-electron chi connectivity index (χ2n) is 8.55. The lowest BCUT2D eigenvalue weighted by Crippen LogP contribution is -2.25. The molecule has 2 heterocycles. The van der Waals surface area contributed by atoms with Crippen molar-refractivity contribution < 1.29 is 0 Å². The van der Waals surface area contributed by atoms with E-state index in [0.29, 0.717) is 17.8 Å². The molecule has 0 atom stereocenters. The van der Waals surface area contributed by atoms with E-state index in [9.17, 15) is 0 Å². The molecule has 1 fully saturated rings. The van der Waals surface area contributed by atoms with Crippen LogP contribution in [0.15, 0.2) is 60.8 Å². The molecule has 2 aromatic heterocycles. The Bertz CT molecular complexity index is 1200. The molecule has 4 aromatic rings. The zero-order valence-corrected chi connectivity index (χ0v) is 17.8. The Morgan fingerprint density at radius 1 is 1.00 bits per heavy atom. The molecule has 1 saturated carbocycles. The normalized spacial score (nSPS) is 18.9. The summed E-state index contributed by atoms with van der Waals surface area (Å²) in [6.07, 6.45) is 6.26. The smallest absolute Gasteiger partial charge is 0.177 e. The quantitative estimate of drug-likeness (QED) is 0.438. The van der Waals surface area contributed by atoms with Crippen molar-refractivity contribution >= 4 is 22.8 Å². The minimum atomic E-state index is 0.321. The predicted molar refractivity (Wildman–Crippen MR) is 126 cm³/mol. The Morgan fingerprint density at radius 2 is 1.74 bits per heavy atom. The molecule has 1 aliphatic rings. The molecule has 0 radical (unpaired) electrons. The molecule has 31 heavy (non-hydrogen) atoms. The summed E-state index contributed by atoms with van der Waals surface area (Å²) >= 11 is 0. The lowest BCUT2D eigenvalue weighted by atomic mass is 9.85. The average Bonchev–Trinajstić information content (AvgIpc) is 3.19. The number of nitrogens with zero attached hydrogens (tertiary/aromatic N) is 3. The largest absolute Gasteiger partial charge is 0.382 e.